The first-order chi connectivity index (χ1) is 18.9. The maximum Gasteiger partial charge on any atom is 0.295 e. The fourth-order valence-electron chi connectivity index (χ4n) is 4.79. The fourth-order valence-corrected chi connectivity index (χ4v) is 4.79. The Labute approximate surface area is 232 Å². The molecule has 1 aliphatic heterocycles. The van der Waals surface area contributed by atoms with Crippen LogP contribution in [0.2, 0.25) is 0 Å². The maximum atomic E-state index is 13.4. The molecule has 0 spiro atoms. The third-order valence-corrected chi connectivity index (χ3v) is 6.79. The van der Waals surface area contributed by atoms with Crippen molar-refractivity contribution in [3.8, 4) is 17.2 Å². The Balaban J connectivity index is 2.08. The Kier molecular flexibility index (Phi) is 11.2. The van der Waals surface area contributed by atoms with E-state index in [9.17, 15) is 14.7 Å². The zero-order valence-electron chi connectivity index (χ0n) is 23.9. The lowest BCUT2D eigenvalue weighted by Crippen LogP contribution is -2.33. The predicted octanol–water partition coefficient (Wildman–Crippen LogP) is 5.43. The largest absolute Gasteiger partial charge is 0.507 e. The zero-order chi connectivity index (χ0) is 28.4. The minimum Gasteiger partial charge on any atom is -0.507 e. The Morgan fingerprint density at radius 3 is 2.21 bits per heavy atom. The minimum atomic E-state index is -0.757. The van der Waals surface area contributed by atoms with Gasteiger partial charge in [0.15, 0.2) is 11.5 Å². The first-order valence-electron chi connectivity index (χ1n) is 14.0. The van der Waals surface area contributed by atoms with Crippen LogP contribution >= 0.6 is 0 Å². The van der Waals surface area contributed by atoms with Crippen molar-refractivity contribution in [3.05, 3.63) is 59.2 Å². The van der Waals surface area contributed by atoms with E-state index in [2.05, 4.69) is 18.7 Å². The predicted molar refractivity (Wildman–Crippen MR) is 152 cm³/mol. The van der Waals surface area contributed by atoms with E-state index in [1.165, 1.54) is 0 Å². The van der Waals surface area contributed by atoms with Gasteiger partial charge in [-0.15, -0.1) is 0 Å². The quantitative estimate of drug-likeness (QED) is 0.184. The lowest BCUT2D eigenvalue weighted by molar-refractivity contribution is -0.140. The summed E-state index contributed by atoms with van der Waals surface area (Å²) >= 11 is 0. The number of amides is 1. The highest BCUT2D eigenvalue weighted by molar-refractivity contribution is 6.46. The first kappa shape index (κ1) is 30.0. The summed E-state index contributed by atoms with van der Waals surface area (Å²) in [4.78, 5) is 30.6. The monoisotopic (exact) mass is 538 g/mol. The molecule has 0 aliphatic carbocycles. The van der Waals surface area contributed by atoms with Crippen molar-refractivity contribution < 1.29 is 28.9 Å². The highest BCUT2D eigenvalue weighted by Gasteiger charge is 2.46. The molecular formula is C31H42N2O6. The molecule has 1 N–H and O–H groups in total. The lowest BCUT2D eigenvalue weighted by atomic mass is 9.95. The van der Waals surface area contributed by atoms with Gasteiger partial charge in [-0.3, -0.25) is 9.59 Å². The van der Waals surface area contributed by atoms with Crippen LogP contribution in [-0.4, -0.2) is 72.6 Å². The van der Waals surface area contributed by atoms with E-state index < -0.39 is 17.7 Å². The number of nitrogens with zero attached hydrogens (tertiary/aromatic N) is 2. The third-order valence-electron chi connectivity index (χ3n) is 6.79. The smallest absolute Gasteiger partial charge is 0.295 e. The van der Waals surface area contributed by atoms with Gasteiger partial charge in [0.1, 0.15) is 11.5 Å². The molecule has 1 unspecified atom stereocenters. The number of Topliss-reactive ketones (excluding diaryl/α,β-unsaturated/α-hetero) is 1. The van der Waals surface area contributed by atoms with Crippen LogP contribution in [0, 0.1) is 0 Å². The number of hydrogen-bond acceptors (Lipinski definition) is 7. The van der Waals surface area contributed by atoms with Gasteiger partial charge < -0.3 is 29.1 Å². The molecule has 8 nitrogen and oxygen atoms in total. The Hall–Kier alpha value is -3.52. The van der Waals surface area contributed by atoms with Crippen LogP contribution in [-0.2, 0) is 9.59 Å². The van der Waals surface area contributed by atoms with Crippen LogP contribution in [0.3, 0.4) is 0 Å². The molecule has 39 heavy (non-hydrogen) atoms. The minimum absolute atomic E-state index is 0.0664. The molecule has 0 aromatic heterocycles. The summed E-state index contributed by atoms with van der Waals surface area (Å²) in [7, 11) is 0. The highest BCUT2D eigenvalue weighted by Crippen LogP contribution is 2.42. The molecule has 8 heteroatoms. The molecular weight excluding hydrogens is 496 g/mol. The van der Waals surface area contributed by atoms with Crippen molar-refractivity contribution in [2.75, 3.05) is 46.0 Å². The Morgan fingerprint density at radius 1 is 0.897 bits per heavy atom. The molecule has 1 amide bonds. The fraction of sp³-hybridized carbons (Fsp3) is 0.484. The average molecular weight is 539 g/mol. The second-order valence-electron chi connectivity index (χ2n) is 9.32. The van der Waals surface area contributed by atoms with Crippen molar-refractivity contribution in [1.82, 2.24) is 9.80 Å². The van der Waals surface area contributed by atoms with E-state index in [0.29, 0.717) is 61.2 Å². The second kappa shape index (κ2) is 14.6. The van der Waals surface area contributed by atoms with Crippen LogP contribution in [0.5, 0.6) is 17.2 Å². The van der Waals surface area contributed by atoms with E-state index in [1.807, 2.05) is 39.0 Å². The van der Waals surface area contributed by atoms with E-state index in [1.54, 1.807) is 29.2 Å². The average Bonchev–Trinajstić information content (AvgIpc) is 3.20. The van der Waals surface area contributed by atoms with Gasteiger partial charge in [0.05, 0.1) is 31.4 Å². The molecule has 1 fully saturated rings. The lowest BCUT2D eigenvalue weighted by Gasteiger charge is -2.27. The third kappa shape index (κ3) is 7.12. The van der Waals surface area contributed by atoms with Crippen LogP contribution in [0.25, 0.3) is 5.76 Å². The number of carbonyl (C=O) groups is 2. The second-order valence-corrected chi connectivity index (χ2v) is 9.32. The van der Waals surface area contributed by atoms with Crippen LogP contribution in [0.4, 0.5) is 0 Å². The summed E-state index contributed by atoms with van der Waals surface area (Å²) in [6, 6.07) is 11.6. The number of benzene rings is 2. The summed E-state index contributed by atoms with van der Waals surface area (Å²) in [6.45, 7) is 14.5. The van der Waals surface area contributed by atoms with E-state index in [0.717, 1.165) is 26.1 Å². The van der Waals surface area contributed by atoms with Gasteiger partial charge in [0.25, 0.3) is 11.7 Å². The molecule has 1 heterocycles. The number of aliphatic hydroxyl groups is 1. The van der Waals surface area contributed by atoms with Gasteiger partial charge in [-0.1, -0.05) is 26.8 Å². The summed E-state index contributed by atoms with van der Waals surface area (Å²) in [5.74, 6) is 0.281. The molecule has 3 rings (SSSR count). The van der Waals surface area contributed by atoms with E-state index in [-0.39, 0.29) is 11.3 Å². The van der Waals surface area contributed by atoms with Crippen LogP contribution in [0.15, 0.2) is 48.0 Å². The Bertz CT molecular complexity index is 1140. The molecule has 2 aromatic carbocycles. The van der Waals surface area contributed by atoms with Crippen molar-refractivity contribution in [3.63, 3.8) is 0 Å². The van der Waals surface area contributed by atoms with Crippen molar-refractivity contribution in [2.24, 2.45) is 0 Å². The molecule has 1 saturated heterocycles. The first-order valence-corrected chi connectivity index (χ1v) is 14.0. The molecule has 1 atom stereocenters. The number of hydrogen-bond donors (Lipinski definition) is 1. The molecule has 1 aliphatic rings. The van der Waals surface area contributed by atoms with Gasteiger partial charge in [0.2, 0.25) is 0 Å². The zero-order valence-corrected chi connectivity index (χ0v) is 23.9. The number of carbonyl (C=O) groups excluding carboxylic acids is 2. The topological polar surface area (TPSA) is 88.5 Å². The summed E-state index contributed by atoms with van der Waals surface area (Å²) in [5.41, 5.74) is 1.19. The Morgan fingerprint density at radius 2 is 1.59 bits per heavy atom. The molecule has 2 aromatic rings. The van der Waals surface area contributed by atoms with Crippen LogP contribution < -0.4 is 14.2 Å². The van der Waals surface area contributed by atoms with Gasteiger partial charge >= 0.3 is 0 Å². The van der Waals surface area contributed by atoms with E-state index in [4.69, 9.17) is 14.2 Å². The summed E-state index contributed by atoms with van der Waals surface area (Å²) in [6.07, 6.45) is 1.55. The van der Waals surface area contributed by atoms with Crippen molar-refractivity contribution in [1.29, 1.82) is 0 Å². The summed E-state index contributed by atoms with van der Waals surface area (Å²) in [5, 5.41) is 11.4. The molecule has 0 saturated carbocycles. The van der Waals surface area contributed by atoms with Crippen LogP contribution in [0.1, 0.15) is 64.6 Å². The van der Waals surface area contributed by atoms with Crippen molar-refractivity contribution >= 4 is 17.4 Å². The van der Waals surface area contributed by atoms with Gasteiger partial charge in [-0.2, -0.15) is 0 Å². The normalized spacial score (nSPS) is 16.7. The van der Waals surface area contributed by atoms with Gasteiger partial charge in [0, 0.05) is 12.1 Å². The number of rotatable bonds is 15. The number of ketones is 1. The maximum absolute atomic E-state index is 13.4. The van der Waals surface area contributed by atoms with Gasteiger partial charge in [-0.05, 0) is 88.3 Å². The summed E-state index contributed by atoms with van der Waals surface area (Å²) < 4.78 is 17.2. The number of aliphatic hydroxyl groups excluding tert-OH is 1. The SMILES string of the molecule is CCCOc1ccc(C2/C(=C(\O)c3ccc(OCC)cc3)C(=O)C(=O)N2CCCN(CC)CC)cc1OCC. The van der Waals surface area contributed by atoms with E-state index >= 15 is 0 Å². The number of likely N-dealkylation sites (tertiary alicyclic amines) is 1. The number of ether oxygens (including phenoxy) is 3. The highest BCUT2D eigenvalue weighted by atomic mass is 16.5. The van der Waals surface area contributed by atoms with Gasteiger partial charge in [-0.25, -0.2) is 0 Å². The standard InChI is InChI=1S/C31H42N2O6/c1-6-20-39-25-17-14-23(21-26(25)38-10-5)28-27(29(34)22-12-15-24(16-13-22)37-9-4)30(35)31(36)33(28)19-11-18-32(7-2)8-3/h12-17,21,28,34H,6-11,18-20H2,1-5H3/b29-27+. The van der Waals surface area contributed by atoms with Crippen molar-refractivity contribution in [2.45, 2.75) is 53.5 Å². The molecule has 212 valence electrons. The molecule has 0 bridgehead atoms. The molecule has 0 radical (unpaired) electrons.